The first kappa shape index (κ1) is 25.3. The summed E-state index contributed by atoms with van der Waals surface area (Å²) in [5, 5.41) is 20.2. The van der Waals surface area contributed by atoms with Gasteiger partial charge in [0.05, 0.1) is 6.54 Å². The predicted molar refractivity (Wildman–Crippen MR) is 138 cm³/mol. The van der Waals surface area contributed by atoms with Crippen molar-refractivity contribution in [1.82, 2.24) is 29.2 Å². The fourth-order valence-corrected chi connectivity index (χ4v) is 5.88. The second-order valence-electron chi connectivity index (χ2n) is 8.10. The van der Waals surface area contributed by atoms with Crippen LogP contribution in [0.3, 0.4) is 0 Å². The van der Waals surface area contributed by atoms with E-state index in [1.807, 2.05) is 36.0 Å². The first-order valence-corrected chi connectivity index (χ1v) is 13.1. The Kier molecular flexibility index (Phi) is 6.81. The number of carbonyl (C=O) groups excluding carboxylic acids is 2. The summed E-state index contributed by atoms with van der Waals surface area (Å²) in [6.07, 6.45) is 7.13. The molecule has 0 aromatic carbocycles. The number of imidazole rings is 1. The van der Waals surface area contributed by atoms with E-state index in [4.69, 9.17) is 10.6 Å². The summed E-state index contributed by atoms with van der Waals surface area (Å²) < 4.78 is 7.74. The molecule has 0 unspecified atom stereocenters. The van der Waals surface area contributed by atoms with Crippen molar-refractivity contribution < 1.29 is 28.9 Å². The van der Waals surface area contributed by atoms with Gasteiger partial charge in [0, 0.05) is 23.4 Å². The van der Waals surface area contributed by atoms with Crippen molar-refractivity contribution in [2.45, 2.75) is 24.9 Å². The average molecular weight is 557 g/mol. The number of carbonyl (C=O) groups is 3. The summed E-state index contributed by atoms with van der Waals surface area (Å²) >= 11 is 2.21. The zero-order chi connectivity index (χ0) is 27.0. The van der Waals surface area contributed by atoms with Gasteiger partial charge in [-0.2, -0.15) is 9.36 Å². The zero-order valence-corrected chi connectivity index (χ0v) is 21.8. The number of aliphatic carboxylic acids is 1. The third-order valence-corrected chi connectivity index (χ3v) is 7.72. The van der Waals surface area contributed by atoms with Crippen LogP contribution in [0.25, 0.3) is 11.7 Å². The predicted octanol–water partition coefficient (Wildman–Crippen LogP) is -0.122. The van der Waals surface area contributed by atoms with E-state index >= 15 is 0 Å². The number of rotatable bonds is 8. The Morgan fingerprint density at radius 2 is 2.21 bits per heavy atom. The van der Waals surface area contributed by atoms with Crippen molar-refractivity contribution in [2.75, 3.05) is 18.6 Å². The van der Waals surface area contributed by atoms with Gasteiger partial charge in [-0.05, 0) is 24.6 Å². The van der Waals surface area contributed by atoms with Gasteiger partial charge in [0.1, 0.15) is 36.1 Å². The third kappa shape index (κ3) is 4.47. The molecule has 0 aliphatic carbocycles. The lowest BCUT2D eigenvalue weighted by Gasteiger charge is -2.49. The lowest BCUT2D eigenvalue weighted by molar-refractivity contribution is -0.667. The number of nitrogens with two attached hydrogens (primary N) is 1. The standard InChI is InChI=1S/C22H21N9O5S2/c1-3-29-8-9-30-13(29)7-6-12(26-30)5-4-11-10-37-20-15(19(33)31(20)16(11)21(34)35)24-18(32)14(27-36-2)17-25-22(23)38-28-17/h4-9,15,20H,3,10H2,1-2H3,(H3-,23,24,25,28,32,34,35)/p+1/b5-4+,27-14-/t15-,20-/m1/s1. The quantitative estimate of drug-likeness (QED) is 0.146. The number of anilines is 1. The fourth-order valence-electron chi connectivity index (χ4n) is 4.13. The van der Waals surface area contributed by atoms with Crippen LogP contribution >= 0.6 is 23.3 Å². The smallest absolute Gasteiger partial charge is 0.352 e. The van der Waals surface area contributed by atoms with Crippen LogP contribution in [0.1, 0.15) is 18.4 Å². The number of aryl methyl sites for hydroxylation is 1. The number of nitrogen functional groups attached to an aromatic ring is 1. The average Bonchev–Trinajstić information content (AvgIpc) is 3.53. The molecule has 3 aromatic rings. The molecule has 0 bridgehead atoms. The van der Waals surface area contributed by atoms with E-state index in [-0.39, 0.29) is 22.4 Å². The number of allylic oxidation sites excluding steroid dienone is 1. The number of carboxylic acids is 1. The minimum Gasteiger partial charge on any atom is -0.477 e. The van der Waals surface area contributed by atoms with E-state index in [0.29, 0.717) is 17.0 Å². The molecule has 5 heterocycles. The van der Waals surface area contributed by atoms with Crippen LogP contribution < -0.4 is 15.6 Å². The highest BCUT2D eigenvalue weighted by Gasteiger charge is 2.54. The van der Waals surface area contributed by atoms with E-state index in [0.717, 1.165) is 23.7 Å². The van der Waals surface area contributed by atoms with Crippen molar-refractivity contribution >= 4 is 63.6 Å². The molecule has 5 rings (SSSR count). The van der Waals surface area contributed by atoms with E-state index in [1.54, 1.807) is 16.7 Å². The van der Waals surface area contributed by atoms with Crippen molar-refractivity contribution in [2.24, 2.45) is 5.16 Å². The Labute approximate surface area is 223 Å². The second kappa shape index (κ2) is 10.2. The minimum absolute atomic E-state index is 0.0402. The summed E-state index contributed by atoms with van der Waals surface area (Å²) in [6.45, 7) is 2.85. The van der Waals surface area contributed by atoms with Crippen molar-refractivity contribution in [3.8, 4) is 0 Å². The maximum Gasteiger partial charge on any atom is 0.352 e. The number of amides is 2. The van der Waals surface area contributed by atoms with Crippen LogP contribution in [0, 0.1) is 0 Å². The summed E-state index contributed by atoms with van der Waals surface area (Å²) in [5.41, 5.74) is 7.22. The fraction of sp³-hybridized carbons (Fsp3) is 0.273. The maximum atomic E-state index is 13.0. The van der Waals surface area contributed by atoms with Gasteiger partial charge < -0.3 is 21.0 Å². The molecule has 2 aliphatic heterocycles. The first-order valence-electron chi connectivity index (χ1n) is 11.3. The molecule has 2 atom stereocenters. The lowest BCUT2D eigenvalue weighted by atomic mass is 10.0. The van der Waals surface area contributed by atoms with Gasteiger partial charge in [-0.3, -0.25) is 14.5 Å². The van der Waals surface area contributed by atoms with E-state index in [2.05, 4.69) is 24.9 Å². The third-order valence-electron chi connectivity index (χ3n) is 5.88. The number of nitrogens with one attached hydrogen (secondary N) is 1. The number of aromatic nitrogens is 5. The van der Waals surface area contributed by atoms with E-state index in [1.165, 1.54) is 23.8 Å². The lowest BCUT2D eigenvalue weighted by Crippen LogP contribution is -2.71. The van der Waals surface area contributed by atoms with Crippen molar-refractivity contribution in [3.05, 3.63) is 53.4 Å². The molecule has 2 aliphatic rings. The molecule has 38 heavy (non-hydrogen) atoms. The van der Waals surface area contributed by atoms with Crippen LogP contribution in [-0.4, -0.2) is 76.8 Å². The Morgan fingerprint density at radius 1 is 1.39 bits per heavy atom. The number of nitrogens with zero attached hydrogens (tertiary/aromatic N) is 7. The van der Waals surface area contributed by atoms with Gasteiger partial charge in [-0.25, -0.2) is 9.36 Å². The largest absolute Gasteiger partial charge is 0.477 e. The molecule has 0 saturated carbocycles. The highest BCUT2D eigenvalue weighted by molar-refractivity contribution is 8.00. The topological polar surface area (TPSA) is 181 Å². The maximum absolute atomic E-state index is 13.0. The molecule has 16 heteroatoms. The van der Waals surface area contributed by atoms with Crippen LogP contribution in [0.4, 0.5) is 5.13 Å². The molecule has 3 aromatic heterocycles. The van der Waals surface area contributed by atoms with Crippen LogP contribution in [-0.2, 0) is 25.8 Å². The number of thioether (sulfide) groups is 1. The van der Waals surface area contributed by atoms with Gasteiger partial charge in [-0.1, -0.05) is 16.3 Å². The summed E-state index contributed by atoms with van der Waals surface area (Å²) in [4.78, 5) is 47.8. The van der Waals surface area contributed by atoms with Crippen LogP contribution in [0.5, 0.6) is 0 Å². The van der Waals surface area contributed by atoms with Crippen molar-refractivity contribution in [3.63, 3.8) is 0 Å². The monoisotopic (exact) mass is 556 g/mol. The molecule has 0 spiro atoms. The minimum atomic E-state index is -1.24. The first-order chi connectivity index (χ1) is 18.3. The Hall–Kier alpha value is -4.31. The normalized spacial score (nSPS) is 19.6. The highest BCUT2D eigenvalue weighted by atomic mass is 32.2. The molecular formula is C22H22N9O5S2+. The van der Waals surface area contributed by atoms with Gasteiger partial charge >= 0.3 is 11.6 Å². The number of fused-ring (bicyclic) bond motifs is 2. The molecule has 4 N–H and O–H groups in total. The van der Waals surface area contributed by atoms with Crippen LogP contribution in [0.15, 0.2) is 47.0 Å². The van der Waals surface area contributed by atoms with Crippen molar-refractivity contribution in [1.29, 1.82) is 0 Å². The zero-order valence-electron chi connectivity index (χ0n) is 20.1. The number of β-lactam (4-membered cyclic amide) rings is 1. The van der Waals surface area contributed by atoms with Gasteiger partial charge in [-0.15, -0.1) is 16.3 Å². The summed E-state index contributed by atoms with van der Waals surface area (Å²) in [6, 6.07) is 2.80. The van der Waals surface area contributed by atoms with E-state index in [9.17, 15) is 19.5 Å². The highest BCUT2D eigenvalue weighted by Crippen LogP contribution is 2.40. The molecule has 2 amide bonds. The number of oxime groups is 1. The summed E-state index contributed by atoms with van der Waals surface area (Å²) in [7, 11) is 1.25. The Bertz CT molecular complexity index is 1540. The molecule has 196 valence electrons. The molecule has 14 nitrogen and oxygen atoms in total. The molecular weight excluding hydrogens is 534 g/mol. The Balaban J connectivity index is 1.35. The Morgan fingerprint density at radius 3 is 2.89 bits per heavy atom. The second-order valence-corrected chi connectivity index (χ2v) is 9.99. The number of carboxylic acid groups (broad SMARTS) is 1. The van der Waals surface area contributed by atoms with Crippen LogP contribution in [0.2, 0.25) is 0 Å². The molecule has 1 fully saturated rings. The van der Waals surface area contributed by atoms with Gasteiger partial charge in [0.15, 0.2) is 11.3 Å². The van der Waals surface area contributed by atoms with E-state index < -0.39 is 29.2 Å². The molecule has 0 radical (unpaired) electrons. The number of hydrogen-bond acceptors (Lipinski definition) is 11. The SMILES string of the molecule is CC[n+]1ccn2nc(/C=C/C3=C(C(=O)O)N4C(=O)[C@@H](NC(=O)/C(=N\OC)c5nsc(N)n5)[C@H]4SC3)ccc21. The van der Waals surface area contributed by atoms with Gasteiger partial charge in [0.25, 0.3) is 11.8 Å². The number of hydrogen-bond donors (Lipinski definition) is 3. The van der Waals surface area contributed by atoms with Gasteiger partial charge in [0.2, 0.25) is 11.5 Å². The molecule has 1 saturated heterocycles. The summed E-state index contributed by atoms with van der Waals surface area (Å²) in [5.74, 6) is -2.27.